The van der Waals surface area contributed by atoms with Gasteiger partial charge in [0.1, 0.15) is 0 Å². The maximum atomic E-state index is 5.32. The van der Waals surface area contributed by atoms with E-state index in [0.29, 0.717) is 11.5 Å². The summed E-state index contributed by atoms with van der Waals surface area (Å²) in [4.78, 5) is 0. The second-order valence-corrected chi connectivity index (χ2v) is 8.62. The Morgan fingerprint density at radius 3 is 2.33 bits per heavy atom. The summed E-state index contributed by atoms with van der Waals surface area (Å²) >= 11 is 0. The zero-order valence-corrected chi connectivity index (χ0v) is 15.5. The van der Waals surface area contributed by atoms with Gasteiger partial charge in [0.25, 0.3) is 0 Å². The average Bonchev–Trinajstić information content (AvgIpc) is 2.41. The summed E-state index contributed by atoms with van der Waals surface area (Å²) < 4.78 is 5.32. The van der Waals surface area contributed by atoms with Gasteiger partial charge in [-0.05, 0) is 61.3 Å². The second-order valence-electron chi connectivity index (χ2n) is 8.62. The van der Waals surface area contributed by atoms with Gasteiger partial charge in [-0.25, -0.2) is 0 Å². The van der Waals surface area contributed by atoms with E-state index in [4.69, 9.17) is 4.74 Å². The summed E-state index contributed by atoms with van der Waals surface area (Å²) in [6, 6.07) is 0.597. The lowest BCUT2D eigenvalue weighted by molar-refractivity contribution is 0.0553. The van der Waals surface area contributed by atoms with Gasteiger partial charge >= 0.3 is 0 Å². The first-order valence-corrected chi connectivity index (χ1v) is 8.98. The normalized spacial score (nSPS) is 28.9. The molecule has 0 aromatic rings. The third-order valence-electron chi connectivity index (χ3n) is 5.57. The zero-order chi connectivity index (χ0) is 16.0. The number of rotatable bonds is 7. The summed E-state index contributed by atoms with van der Waals surface area (Å²) in [5, 5.41) is 3.68. The maximum Gasteiger partial charge on any atom is 0.0464 e. The maximum absolute atomic E-state index is 5.32. The van der Waals surface area contributed by atoms with Crippen molar-refractivity contribution in [3.8, 4) is 0 Å². The van der Waals surface area contributed by atoms with E-state index < -0.39 is 0 Å². The van der Waals surface area contributed by atoms with Crippen molar-refractivity contribution in [2.45, 2.75) is 73.3 Å². The molecule has 0 spiro atoms. The highest BCUT2D eigenvalue weighted by Crippen LogP contribution is 2.45. The molecule has 0 amide bonds. The number of nitrogens with one attached hydrogen (secondary N) is 1. The van der Waals surface area contributed by atoms with Crippen molar-refractivity contribution in [1.82, 2.24) is 5.32 Å². The van der Waals surface area contributed by atoms with Crippen LogP contribution in [-0.2, 0) is 4.74 Å². The molecule has 2 heteroatoms. The van der Waals surface area contributed by atoms with Gasteiger partial charge < -0.3 is 10.1 Å². The molecule has 1 fully saturated rings. The number of hydrogen-bond donors (Lipinski definition) is 1. The lowest BCUT2D eigenvalue weighted by Gasteiger charge is -2.44. The quantitative estimate of drug-likeness (QED) is 0.733. The number of methoxy groups -OCH3 is 1. The highest BCUT2D eigenvalue weighted by atomic mass is 16.5. The van der Waals surface area contributed by atoms with Crippen molar-refractivity contribution in [2.75, 3.05) is 20.3 Å². The van der Waals surface area contributed by atoms with Gasteiger partial charge in [0.15, 0.2) is 0 Å². The van der Waals surface area contributed by atoms with Gasteiger partial charge in [-0.2, -0.15) is 0 Å². The highest BCUT2D eigenvalue weighted by Gasteiger charge is 2.37. The van der Waals surface area contributed by atoms with Crippen LogP contribution in [0.2, 0.25) is 0 Å². The molecule has 1 rings (SSSR count). The first kappa shape index (κ1) is 19.0. The van der Waals surface area contributed by atoms with Crippen molar-refractivity contribution >= 4 is 0 Å². The Morgan fingerprint density at radius 2 is 1.81 bits per heavy atom. The summed E-state index contributed by atoms with van der Waals surface area (Å²) in [6.45, 7) is 16.3. The lowest BCUT2D eigenvalue weighted by atomic mass is 9.62. The number of ether oxygens (including phenoxy) is 1. The fraction of sp³-hybridized carbons (Fsp3) is 1.00. The van der Waals surface area contributed by atoms with Crippen LogP contribution < -0.4 is 5.32 Å². The van der Waals surface area contributed by atoms with Crippen LogP contribution in [0.3, 0.4) is 0 Å². The van der Waals surface area contributed by atoms with Gasteiger partial charge in [-0.15, -0.1) is 0 Å². The third-order valence-corrected chi connectivity index (χ3v) is 5.57. The molecule has 1 aliphatic rings. The minimum Gasteiger partial charge on any atom is -0.385 e. The molecule has 0 aromatic carbocycles. The minimum absolute atomic E-state index is 0.454. The van der Waals surface area contributed by atoms with Crippen LogP contribution in [0.15, 0.2) is 0 Å². The molecule has 0 bridgehead atoms. The predicted molar refractivity (Wildman–Crippen MR) is 92.6 cm³/mol. The fourth-order valence-electron chi connectivity index (χ4n) is 3.91. The van der Waals surface area contributed by atoms with Gasteiger partial charge in [0.05, 0.1) is 0 Å². The standard InChI is InChI=1S/C19H39NO/c1-14(2)20-13-16-8-9-17(19(4,5)6)12-18(16)15(3)10-11-21-7/h14-18,20H,8-13H2,1-7H3. The summed E-state index contributed by atoms with van der Waals surface area (Å²) in [6.07, 6.45) is 5.40. The smallest absolute Gasteiger partial charge is 0.0464 e. The molecule has 126 valence electrons. The molecule has 21 heavy (non-hydrogen) atoms. The molecule has 0 radical (unpaired) electrons. The first-order valence-electron chi connectivity index (χ1n) is 8.98. The molecule has 1 N–H and O–H groups in total. The zero-order valence-electron chi connectivity index (χ0n) is 15.5. The lowest BCUT2D eigenvalue weighted by Crippen LogP contribution is -2.40. The Hall–Kier alpha value is -0.0800. The molecule has 1 saturated carbocycles. The Morgan fingerprint density at radius 1 is 1.14 bits per heavy atom. The largest absolute Gasteiger partial charge is 0.385 e. The fourth-order valence-corrected chi connectivity index (χ4v) is 3.91. The van der Waals surface area contributed by atoms with E-state index in [9.17, 15) is 0 Å². The molecule has 1 aliphatic carbocycles. The summed E-state index contributed by atoms with van der Waals surface area (Å²) in [5.41, 5.74) is 0.454. The van der Waals surface area contributed by atoms with Crippen LogP contribution in [0.4, 0.5) is 0 Å². The topological polar surface area (TPSA) is 21.3 Å². The molecule has 0 saturated heterocycles. The average molecular weight is 298 g/mol. The predicted octanol–water partition coefficient (Wildman–Crippen LogP) is 4.74. The van der Waals surface area contributed by atoms with Crippen LogP contribution in [0.25, 0.3) is 0 Å². The van der Waals surface area contributed by atoms with E-state index in [0.717, 1.165) is 30.3 Å². The Labute approximate surface area is 133 Å². The van der Waals surface area contributed by atoms with Crippen LogP contribution in [0, 0.1) is 29.1 Å². The molecular weight excluding hydrogens is 258 g/mol. The van der Waals surface area contributed by atoms with E-state index in [-0.39, 0.29) is 0 Å². The van der Waals surface area contributed by atoms with E-state index in [2.05, 4.69) is 46.9 Å². The van der Waals surface area contributed by atoms with E-state index in [1.165, 1.54) is 32.2 Å². The SMILES string of the molecule is COCCC(C)C1CC(C(C)(C)C)CCC1CNC(C)C. The van der Waals surface area contributed by atoms with Crippen molar-refractivity contribution in [2.24, 2.45) is 29.1 Å². The third kappa shape index (κ3) is 6.28. The first-order chi connectivity index (χ1) is 9.75. The summed E-state index contributed by atoms with van der Waals surface area (Å²) in [7, 11) is 1.82. The van der Waals surface area contributed by atoms with Crippen LogP contribution in [-0.4, -0.2) is 26.3 Å². The Balaban J connectivity index is 2.68. The van der Waals surface area contributed by atoms with Crippen molar-refractivity contribution < 1.29 is 4.74 Å². The molecule has 0 aromatic heterocycles. The van der Waals surface area contributed by atoms with Crippen molar-refractivity contribution in [1.29, 1.82) is 0 Å². The van der Waals surface area contributed by atoms with E-state index in [1.54, 1.807) is 0 Å². The molecule has 4 unspecified atom stereocenters. The van der Waals surface area contributed by atoms with Crippen molar-refractivity contribution in [3.05, 3.63) is 0 Å². The highest BCUT2D eigenvalue weighted by molar-refractivity contribution is 4.88. The van der Waals surface area contributed by atoms with Crippen LogP contribution in [0.1, 0.15) is 67.2 Å². The number of hydrogen-bond acceptors (Lipinski definition) is 2. The van der Waals surface area contributed by atoms with Gasteiger partial charge in [0, 0.05) is 19.8 Å². The molecule has 2 nitrogen and oxygen atoms in total. The minimum atomic E-state index is 0.454. The van der Waals surface area contributed by atoms with E-state index >= 15 is 0 Å². The second kappa shape index (κ2) is 8.53. The molecule has 0 aliphatic heterocycles. The van der Waals surface area contributed by atoms with Gasteiger partial charge in [-0.3, -0.25) is 0 Å². The molecule has 0 heterocycles. The summed E-state index contributed by atoms with van der Waals surface area (Å²) in [5.74, 6) is 3.35. The van der Waals surface area contributed by atoms with Crippen molar-refractivity contribution in [3.63, 3.8) is 0 Å². The monoisotopic (exact) mass is 297 g/mol. The Bertz CT molecular complexity index is 282. The molecular formula is C19H39NO. The van der Waals surface area contributed by atoms with Gasteiger partial charge in [-0.1, -0.05) is 41.5 Å². The van der Waals surface area contributed by atoms with Crippen LogP contribution >= 0.6 is 0 Å². The van der Waals surface area contributed by atoms with Gasteiger partial charge in [0.2, 0.25) is 0 Å². The van der Waals surface area contributed by atoms with Crippen LogP contribution in [0.5, 0.6) is 0 Å². The Kier molecular flexibility index (Phi) is 7.70. The van der Waals surface area contributed by atoms with E-state index in [1.807, 2.05) is 7.11 Å². The molecule has 4 atom stereocenters.